The maximum Gasteiger partial charge on any atom is -0.0258 e. The third kappa shape index (κ3) is 8.84. The molecule has 0 aliphatic rings. The highest BCUT2D eigenvalue weighted by molar-refractivity contribution is 14.0. The topological polar surface area (TPSA) is 0 Å². The van der Waals surface area contributed by atoms with Gasteiger partial charge in [0.2, 0.25) is 0 Å². The number of thiol groups is 1. The molecule has 0 aromatic carbocycles. The van der Waals surface area contributed by atoms with Crippen LogP contribution >= 0.6 is 36.6 Å². The molecule has 0 nitrogen and oxygen atoms in total. The molecule has 6 heavy (non-hydrogen) atoms. The maximum absolute atomic E-state index is 3.96. The van der Waals surface area contributed by atoms with Crippen LogP contribution in [0.1, 0.15) is 13.8 Å². The predicted molar refractivity (Wildman–Crippen MR) is 43.8 cm³/mol. The largest absolute Gasteiger partial charge is 0.149 e. The smallest absolute Gasteiger partial charge is 0.0258 e. The summed E-state index contributed by atoms with van der Waals surface area (Å²) in [6.07, 6.45) is 1.95. The molecule has 0 N–H and O–H groups in total. The fourth-order valence-electron chi connectivity index (χ4n) is 0. The van der Waals surface area contributed by atoms with Crippen LogP contribution < -0.4 is 0 Å². The summed E-state index contributed by atoms with van der Waals surface area (Å²) in [5, 5.41) is 0. The molecule has 0 aromatic heterocycles. The number of hydrogen-bond acceptors (Lipinski definition) is 1. The van der Waals surface area contributed by atoms with Gasteiger partial charge in [0.15, 0.2) is 0 Å². The van der Waals surface area contributed by atoms with Gasteiger partial charge in [-0.3, -0.25) is 0 Å². The average Bonchev–Trinajstić information content (AvgIpc) is 1.38. The Morgan fingerprint density at radius 2 is 1.83 bits per heavy atom. The Morgan fingerprint density at radius 3 is 1.83 bits per heavy atom. The van der Waals surface area contributed by atoms with Gasteiger partial charge in [-0.25, -0.2) is 0 Å². The Labute approximate surface area is 61.4 Å². The molecule has 0 atom stereocenters. The van der Waals surface area contributed by atoms with Gasteiger partial charge in [-0.05, 0) is 18.8 Å². The molecule has 0 fully saturated rings. The molecular formula is C4H9IS. The lowest BCUT2D eigenvalue weighted by atomic mass is 10.6. The fraction of sp³-hybridized carbons (Fsp3) is 0.500. The van der Waals surface area contributed by atoms with Crippen LogP contribution in [0.5, 0.6) is 0 Å². The maximum atomic E-state index is 3.96. The van der Waals surface area contributed by atoms with Gasteiger partial charge in [0, 0.05) is 0 Å². The lowest BCUT2D eigenvalue weighted by Crippen LogP contribution is -1.45. The molecule has 0 saturated carbocycles. The lowest BCUT2D eigenvalue weighted by molar-refractivity contribution is 1.61. The van der Waals surface area contributed by atoms with Crippen molar-refractivity contribution in [2.45, 2.75) is 13.8 Å². The molecule has 2 heteroatoms. The standard InChI is InChI=1S/C4H8S.HI/c1-3-4(2)5;/h3,5H,1-2H3;1H. The van der Waals surface area contributed by atoms with E-state index >= 15 is 0 Å². The third-order valence-corrected chi connectivity index (χ3v) is 0.676. The van der Waals surface area contributed by atoms with E-state index < -0.39 is 0 Å². The van der Waals surface area contributed by atoms with Gasteiger partial charge in [-0.1, -0.05) is 6.08 Å². The minimum absolute atomic E-state index is 0. The molecule has 0 unspecified atom stereocenters. The number of allylic oxidation sites excluding steroid dienone is 2. The van der Waals surface area contributed by atoms with Crippen LogP contribution in [0, 0.1) is 0 Å². The Hall–Kier alpha value is 0.820. The normalized spacial score (nSPS) is 10.2. The Morgan fingerprint density at radius 1 is 1.67 bits per heavy atom. The van der Waals surface area contributed by atoms with Crippen molar-refractivity contribution in [2.24, 2.45) is 0 Å². The summed E-state index contributed by atoms with van der Waals surface area (Å²) >= 11 is 3.96. The molecule has 0 aliphatic carbocycles. The van der Waals surface area contributed by atoms with Crippen LogP contribution in [-0.4, -0.2) is 0 Å². The number of rotatable bonds is 0. The van der Waals surface area contributed by atoms with E-state index in [1.54, 1.807) is 0 Å². The zero-order chi connectivity index (χ0) is 4.28. The molecule has 0 bridgehead atoms. The molecule has 0 aliphatic heterocycles. The first-order valence-corrected chi connectivity index (χ1v) is 2.04. The van der Waals surface area contributed by atoms with Crippen LogP contribution in [0.2, 0.25) is 0 Å². The van der Waals surface area contributed by atoms with Crippen molar-refractivity contribution in [1.82, 2.24) is 0 Å². The van der Waals surface area contributed by atoms with Crippen LogP contribution in [0.15, 0.2) is 11.0 Å². The summed E-state index contributed by atoms with van der Waals surface area (Å²) in [5.74, 6) is 0. The third-order valence-electron chi connectivity index (χ3n) is 0.418. The van der Waals surface area contributed by atoms with Gasteiger partial charge >= 0.3 is 0 Å². The molecular weight excluding hydrogens is 207 g/mol. The highest BCUT2D eigenvalue weighted by Gasteiger charge is 1.61. The van der Waals surface area contributed by atoms with E-state index in [4.69, 9.17) is 0 Å². The second-order valence-electron chi connectivity index (χ2n) is 0.930. The van der Waals surface area contributed by atoms with Crippen molar-refractivity contribution >= 4 is 36.6 Å². The van der Waals surface area contributed by atoms with Crippen molar-refractivity contribution < 1.29 is 0 Å². The summed E-state index contributed by atoms with van der Waals surface area (Å²) < 4.78 is 0. The first-order valence-electron chi connectivity index (χ1n) is 1.59. The van der Waals surface area contributed by atoms with Gasteiger partial charge in [0.1, 0.15) is 0 Å². The van der Waals surface area contributed by atoms with E-state index in [0.717, 1.165) is 4.91 Å². The van der Waals surface area contributed by atoms with Crippen molar-refractivity contribution in [3.63, 3.8) is 0 Å². The SMILES string of the molecule is CC=C(C)S.I. The van der Waals surface area contributed by atoms with Crippen LogP contribution in [0.25, 0.3) is 0 Å². The van der Waals surface area contributed by atoms with E-state index in [2.05, 4.69) is 12.6 Å². The van der Waals surface area contributed by atoms with E-state index in [-0.39, 0.29) is 24.0 Å². The van der Waals surface area contributed by atoms with Gasteiger partial charge < -0.3 is 0 Å². The van der Waals surface area contributed by atoms with Crippen LogP contribution in [-0.2, 0) is 0 Å². The van der Waals surface area contributed by atoms with E-state index in [0.29, 0.717) is 0 Å². The molecule has 0 rings (SSSR count). The Kier molecular flexibility index (Phi) is 9.65. The second kappa shape index (κ2) is 5.82. The summed E-state index contributed by atoms with van der Waals surface area (Å²) in [4.78, 5) is 1.07. The summed E-state index contributed by atoms with van der Waals surface area (Å²) in [5.41, 5.74) is 0. The highest BCUT2D eigenvalue weighted by atomic mass is 127. The zero-order valence-electron chi connectivity index (χ0n) is 3.93. The predicted octanol–water partition coefficient (Wildman–Crippen LogP) is 2.46. The number of hydrogen-bond donors (Lipinski definition) is 1. The van der Waals surface area contributed by atoms with Crippen molar-refractivity contribution in [3.8, 4) is 0 Å². The van der Waals surface area contributed by atoms with E-state index in [1.165, 1.54) is 0 Å². The molecule has 0 spiro atoms. The summed E-state index contributed by atoms with van der Waals surface area (Å²) in [6, 6.07) is 0. The molecule has 0 radical (unpaired) electrons. The quantitative estimate of drug-likeness (QED) is 0.466. The van der Waals surface area contributed by atoms with E-state index in [9.17, 15) is 0 Å². The van der Waals surface area contributed by atoms with Crippen molar-refractivity contribution in [2.75, 3.05) is 0 Å². The first-order chi connectivity index (χ1) is 2.27. The zero-order valence-corrected chi connectivity index (χ0v) is 7.16. The molecule has 0 heterocycles. The molecule has 0 saturated heterocycles. The molecule has 38 valence electrons. The Bertz CT molecular complexity index is 45.5. The minimum atomic E-state index is 0. The first kappa shape index (κ1) is 9.94. The molecule has 0 aromatic rings. The van der Waals surface area contributed by atoms with Crippen LogP contribution in [0.4, 0.5) is 0 Å². The van der Waals surface area contributed by atoms with Gasteiger partial charge in [0.05, 0.1) is 0 Å². The summed E-state index contributed by atoms with van der Waals surface area (Å²) in [6.45, 7) is 3.91. The van der Waals surface area contributed by atoms with E-state index in [1.807, 2.05) is 19.9 Å². The van der Waals surface area contributed by atoms with Crippen LogP contribution in [0.3, 0.4) is 0 Å². The highest BCUT2D eigenvalue weighted by Crippen LogP contribution is 1.92. The average molecular weight is 216 g/mol. The second-order valence-corrected chi connectivity index (χ2v) is 1.64. The fourth-order valence-corrected chi connectivity index (χ4v) is 0. The Balaban J connectivity index is 0. The molecule has 0 amide bonds. The minimum Gasteiger partial charge on any atom is -0.149 e. The summed E-state index contributed by atoms with van der Waals surface area (Å²) in [7, 11) is 0. The van der Waals surface area contributed by atoms with Crippen molar-refractivity contribution in [1.29, 1.82) is 0 Å². The van der Waals surface area contributed by atoms with Gasteiger partial charge in [0.25, 0.3) is 0 Å². The number of halogens is 1. The van der Waals surface area contributed by atoms with Gasteiger partial charge in [-0.2, -0.15) is 0 Å². The monoisotopic (exact) mass is 216 g/mol. The van der Waals surface area contributed by atoms with Crippen molar-refractivity contribution in [3.05, 3.63) is 11.0 Å². The van der Waals surface area contributed by atoms with Gasteiger partial charge in [-0.15, -0.1) is 36.6 Å². The lowest BCUT2D eigenvalue weighted by Gasteiger charge is -1.73.